The second-order valence-corrected chi connectivity index (χ2v) is 5.24. The number of aliphatic hydroxyl groups excluding tert-OH is 1. The first-order chi connectivity index (χ1) is 8.61. The molecule has 100 valence electrons. The standard InChI is InChI=1S/C14H23N3O/c1-3-12(15)13-5-4-11(8-16-13)17-7-6-10(2)14(18)9-17/h4-5,8,10,12,14,18H,3,6-7,9,15H2,1-2H3/t10?,12-,14?/m0/s1. The summed E-state index contributed by atoms with van der Waals surface area (Å²) in [5, 5.41) is 9.91. The largest absolute Gasteiger partial charge is 0.391 e. The van der Waals surface area contributed by atoms with Gasteiger partial charge < -0.3 is 15.7 Å². The van der Waals surface area contributed by atoms with Crippen LogP contribution in [-0.4, -0.2) is 29.3 Å². The van der Waals surface area contributed by atoms with Crippen molar-refractivity contribution >= 4 is 5.69 Å². The molecule has 4 nitrogen and oxygen atoms in total. The van der Waals surface area contributed by atoms with Crippen LogP contribution in [0.5, 0.6) is 0 Å². The summed E-state index contributed by atoms with van der Waals surface area (Å²) in [6, 6.07) is 4.07. The molecule has 3 atom stereocenters. The molecule has 0 bridgehead atoms. The zero-order chi connectivity index (χ0) is 13.1. The summed E-state index contributed by atoms with van der Waals surface area (Å²) < 4.78 is 0. The zero-order valence-electron chi connectivity index (χ0n) is 11.2. The molecule has 1 aliphatic rings. The number of nitrogens with zero attached hydrogens (tertiary/aromatic N) is 2. The Morgan fingerprint density at radius 2 is 2.33 bits per heavy atom. The normalized spacial score (nSPS) is 26.1. The minimum absolute atomic E-state index is 0.0195. The van der Waals surface area contributed by atoms with E-state index in [0.717, 1.165) is 30.8 Å². The van der Waals surface area contributed by atoms with E-state index in [-0.39, 0.29) is 12.1 Å². The van der Waals surface area contributed by atoms with Crippen LogP contribution < -0.4 is 10.6 Å². The van der Waals surface area contributed by atoms with Crippen LogP contribution in [0.3, 0.4) is 0 Å². The van der Waals surface area contributed by atoms with Crippen molar-refractivity contribution in [3.63, 3.8) is 0 Å². The molecule has 2 heterocycles. The summed E-state index contributed by atoms with van der Waals surface area (Å²) in [5.74, 6) is 0.391. The highest BCUT2D eigenvalue weighted by Gasteiger charge is 2.24. The van der Waals surface area contributed by atoms with Gasteiger partial charge in [0.05, 0.1) is 23.7 Å². The van der Waals surface area contributed by atoms with Gasteiger partial charge in [0, 0.05) is 19.1 Å². The fourth-order valence-corrected chi connectivity index (χ4v) is 2.30. The Kier molecular flexibility index (Phi) is 4.19. The predicted octanol–water partition coefficient (Wildman–Crippen LogP) is 1.70. The molecule has 1 aromatic heterocycles. The van der Waals surface area contributed by atoms with Crippen molar-refractivity contribution in [3.8, 4) is 0 Å². The molecule has 1 aliphatic heterocycles. The lowest BCUT2D eigenvalue weighted by molar-refractivity contribution is 0.103. The summed E-state index contributed by atoms with van der Waals surface area (Å²) >= 11 is 0. The minimum Gasteiger partial charge on any atom is -0.391 e. The van der Waals surface area contributed by atoms with Crippen LogP contribution in [-0.2, 0) is 0 Å². The van der Waals surface area contributed by atoms with Crippen molar-refractivity contribution in [3.05, 3.63) is 24.0 Å². The smallest absolute Gasteiger partial charge is 0.0741 e. The number of β-amino-alcohol motifs (C(OH)–C–C–N with tert-alkyl or cyclic N) is 1. The molecule has 1 saturated heterocycles. The molecule has 2 rings (SSSR count). The Morgan fingerprint density at radius 3 is 2.89 bits per heavy atom. The number of hydrogen-bond acceptors (Lipinski definition) is 4. The molecular formula is C14H23N3O. The van der Waals surface area contributed by atoms with Crippen LogP contribution in [0, 0.1) is 5.92 Å². The number of nitrogens with two attached hydrogens (primary N) is 1. The average Bonchev–Trinajstić information content (AvgIpc) is 2.41. The molecule has 0 saturated carbocycles. The average molecular weight is 249 g/mol. The molecule has 0 aliphatic carbocycles. The quantitative estimate of drug-likeness (QED) is 0.856. The summed E-state index contributed by atoms with van der Waals surface area (Å²) in [4.78, 5) is 6.61. The molecule has 0 radical (unpaired) electrons. The maximum Gasteiger partial charge on any atom is 0.0741 e. The van der Waals surface area contributed by atoms with Crippen molar-refractivity contribution in [2.75, 3.05) is 18.0 Å². The number of piperidine rings is 1. The van der Waals surface area contributed by atoms with Gasteiger partial charge in [0.15, 0.2) is 0 Å². The van der Waals surface area contributed by atoms with Gasteiger partial charge >= 0.3 is 0 Å². The molecular weight excluding hydrogens is 226 g/mol. The Balaban J connectivity index is 2.06. The van der Waals surface area contributed by atoms with Gasteiger partial charge in [-0.25, -0.2) is 0 Å². The zero-order valence-corrected chi connectivity index (χ0v) is 11.2. The highest BCUT2D eigenvalue weighted by Crippen LogP contribution is 2.23. The number of rotatable bonds is 3. The third kappa shape index (κ3) is 2.82. The first-order valence-electron chi connectivity index (χ1n) is 6.76. The molecule has 0 amide bonds. The first kappa shape index (κ1) is 13.3. The fourth-order valence-electron chi connectivity index (χ4n) is 2.30. The van der Waals surface area contributed by atoms with E-state index in [4.69, 9.17) is 5.73 Å². The maximum atomic E-state index is 9.91. The molecule has 1 aromatic rings. The van der Waals surface area contributed by atoms with Crippen molar-refractivity contribution in [1.29, 1.82) is 0 Å². The molecule has 1 fully saturated rings. The van der Waals surface area contributed by atoms with Crippen molar-refractivity contribution in [2.24, 2.45) is 11.7 Å². The van der Waals surface area contributed by atoms with E-state index < -0.39 is 0 Å². The number of pyridine rings is 1. The molecule has 0 aromatic carbocycles. The SMILES string of the molecule is CC[C@H](N)c1ccc(N2CCC(C)C(O)C2)cn1. The van der Waals surface area contributed by atoms with Crippen LogP contribution in [0.15, 0.2) is 18.3 Å². The van der Waals surface area contributed by atoms with Gasteiger partial charge in [-0.1, -0.05) is 13.8 Å². The van der Waals surface area contributed by atoms with Gasteiger partial charge in [-0.2, -0.15) is 0 Å². The molecule has 18 heavy (non-hydrogen) atoms. The van der Waals surface area contributed by atoms with Crippen molar-refractivity contribution in [1.82, 2.24) is 4.98 Å². The van der Waals surface area contributed by atoms with Crippen LogP contribution in [0.1, 0.15) is 38.4 Å². The van der Waals surface area contributed by atoms with Gasteiger partial charge in [-0.15, -0.1) is 0 Å². The summed E-state index contributed by atoms with van der Waals surface area (Å²) in [7, 11) is 0. The number of hydrogen-bond donors (Lipinski definition) is 2. The van der Waals surface area contributed by atoms with Crippen LogP contribution in [0.4, 0.5) is 5.69 Å². The molecule has 4 heteroatoms. The Bertz CT molecular complexity index is 379. The van der Waals surface area contributed by atoms with E-state index in [1.165, 1.54) is 0 Å². The second kappa shape index (κ2) is 5.67. The summed E-state index contributed by atoms with van der Waals surface area (Å²) in [5.41, 5.74) is 7.96. The van der Waals surface area contributed by atoms with Gasteiger partial charge in [-0.05, 0) is 30.9 Å². The monoisotopic (exact) mass is 249 g/mol. The third-order valence-corrected chi connectivity index (χ3v) is 3.87. The lowest BCUT2D eigenvalue weighted by atomic mass is 9.96. The van der Waals surface area contributed by atoms with Gasteiger partial charge in [0.1, 0.15) is 0 Å². The Hall–Kier alpha value is -1.13. The van der Waals surface area contributed by atoms with E-state index >= 15 is 0 Å². The van der Waals surface area contributed by atoms with E-state index in [2.05, 4.69) is 29.8 Å². The van der Waals surface area contributed by atoms with Gasteiger partial charge in [0.25, 0.3) is 0 Å². The van der Waals surface area contributed by atoms with E-state index in [1.807, 2.05) is 12.3 Å². The lowest BCUT2D eigenvalue weighted by Crippen LogP contribution is -2.42. The first-order valence-corrected chi connectivity index (χ1v) is 6.76. The summed E-state index contributed by atoms with van der Waals surface area (Å²) in [6.07, 6.45) is 3.55. The van der Waals surface area contributed by atoms with E-state index in [0.29, 0.717) is 12.5 Å². The molecule has 2 unspecified atom stereocenters. The number of aromatic nitrogens is 1. The van der Waals surface area contributed by atoms with Gasteiger partial charge in [-0.3, -0.25) is 4.98 Å². The van der Waals surface area contributed by atoms with Crippen LogP contribution >= 0.6 is 0 Å². The third-order valence-electron chi connectivity index (χ3n) is 3.87. The fraction of sp³-hybridized carbons (Fsp3) is 0.643. The lowest BCUT2D eigenvalue weighted by Gasteiger charge is -2.35. The van der Waals surface area contributed by atoms with Crippen LogP contribution in [0.25, 0.3) is 0 Å². The number of aliphatic hydroxyl groups is 1. The Labute approximate surface area is 109 Å². The highest BCUT2D eigenvalue weighted by atomic mass is 16.3. The summed E-state index contributed by atoms with van der Waals surface area (Å²) in [6.45, 7) is 5.84. The topological polar surface area (TPSA) is 62.4 Å². The second-order valence-electron chi connectivity index (χ2n) is 5.24. The highest BCUT2D eigenvalue weighted by molar-refractivity contribution is 5.45. The predicted molar refractivity (Wildman–Crippen MR) is 73.5 cm³/mol. The van der Waals surface area contributed by atoms with Gasteiger partial charge in [0.2, 0.25) is 0 Å². The maximum absolute atomic E-state index is 9.91. The van der Waals surface area contributed by atoms with Crippen LogP contribution in [0.2, 0.25) is 0 Å². The minimum atomic E-state index is -0.240. The van der Waals surface area contributed by atoms with Crippen molar-refractivity contribution < 1.29 is 5.11 Å². The Morgan fingerprint density at radius 1 is 1.56 bits per heavy atom. The van der Waals surface area contributed by atoms with E-state index in [1.54, 1.807) is 0 Å². The molecule has 0 spiro atoms. The number of anilines is 1. The van der Waals surface area contributed by atoms with Crippen molar-refractivity contribution in [2.45, 2.75) is 38.8 Å². The molecule has 3 N–H and O–H groups in total. The van der Waals surface area contributed by atoms with E-state index in [9.17, 15) is 5.11 Å².